The Labute approximate surface area is 127 Å². The van der Waals surface area contributed by atoms with Crippen molar-refractivity contribution in [3.05, 3.63) is 70.6 Å². The van der Waals surface area contributed by atoms with Crippen molar-refractivity contribution < 1.29 is 9.18 Å². The first kappa shape index (κ1) is 15.1. The van der Waals surface area contributed by atoms with E-state index in [1.54, 1.807) is 30.3 Å². The van der Waals surface area contributed by atoms with E-state index >= 15 is 0 Å². The van der Waals surface area contributed by atoms with Crippen molar-refractivity contribution in [3.63, 3.8) is 0 Å². The third kappa shape index (κ3) is 4.61. The summed E-state index contributed by atoms with van der Waals surface area (Å²) in [4.78, 5) is 11.7. The Morgan fingerprint density at radius 3 is 2.76 bits per heavy atom. The number of carbonyl (C=O) groups is 1. The molecule has 2 aromatic rings. The summed E-state index contributed by atoms with van der Waals surface area (Å²) in [5, 5.41) is 5.77. The van der Waals surface area contributed by atoms with Gasteiger partial charge in [0.15, 0.2) is 0 Å². The van der Waals surface area contributed by atoms with Crippen LogP contribution in [0.2, 0.25) is 5.02 Å². The Kier molecular flexibility index (Phi) is 4.95. The van der Waals surface area contributed by atoms with Crippen LogP contribution in [0.25, 0.3) is 6.08 Å². The monoisotopic (exact) mass is 304 g/mol. The van der Waals surface area contributed by atoms with Crippen LogP contribution in [0.15, 0.2) is 48.7 Å². The fourth-order valence-corrected chi connectivity index (χ4v) is 1.84. The number of anilines is 1. The molecule has 2 N–H and O–H groups in total. The number of rotatable bonds is 3. The van der Waals surface area contributed by atoms with Crippen molar-refractivity contribution in [1.29, 1.82) is 0 Å². The van der Waals surface area contributed by atoms with E-state index in [4.69, 9.17) is 11.6 Å². The van der Waals surface area contributed by atoms with E-state index in [-0.39, 0.29) is 5.82 Å². The average molecular weight is 305 g/mol. The van der Waals surface area contributed by atoms with Gasteiger partial charge in [0.25, 0.3) is 0 Å². The lowest BCUT2D eigenvalue weighted by Gasteiger charge is -2.06. The quantitative estimate of drug-likeness (QED) is 0.856. The van der Waals surface area contributed by atoms with Crippen molar-refractivity contribution in [2.45, 2.75) is 6.92 Å². The standard InChI is InChI=1S/C16H14ClFN2O/c1-11-5-6-14(10-15(11)17)20-16(21)19-8-7-12-3-2-4-13(18)9-12/h2-10H,1H3,(H2,19,20,21)/b8-7+. The summed E-state index contributed by atoms with van der Waals surface area (Å²) in [6, 6.07) is 10.9. The summed E-state index contributed by atoms with van der Waals surface area (Å²) in [5.41, 5.74) is 2.20. The molecule has 5 heteroatoms. The van der Waals surface area contributed by atoms with Crippen molar-refractivity contribution >= 4 is 29.4 Å². The summed E-state index contributed by atoms with van der Waals surface area (Å²) in [7, 11) is 0. The number of hydrogen-bond acceptors (Lipinski definition) is 1. The van der Waals surface area contributed by atoms with Crippen LogP contribution in [-0.2, 0) is 0 Å². The number of hydrogen-bond donors (Lipinski definition) is 2. The molecule has 0 saturated carbocycles. The molecule has 0 aliphatic rings. The van der Waals surface area contributed by atoms with Gasteiger partial charge in [-0.3, -0.25) is 0 Å². The highest BCUT2D eigenvalue weighted by Crippen LogP contribution is 2.19. The minimum Gasteiger partial charge on any atom is -0.314 e. The van der Waals surface area contributed by atoms with E-state index in [0.717, 1.165) is 5.56 Å². The normalized spacial score (nSPS) is 10.6. The Hall–Kier alpha value is -2.33. The predicted octanol–water partition coefficient (Wildman–Crippen LogP) is 4.58. The molecule has 0 saturated heterocycles. The Bertz CT molecular complexity index is 686. The largest absolute Gasteiger partial charge is 0.323 e. The first-order valence-electron chi connectivity index (χ1n) is 6.30. The average Bonchev–Trinajstić information content (AvgIpc) is 2.43. The molecule has 2 amide bonds. The molecular formula is C16H14ClFN2O. The topological polar surface area (TPSA) is 41.1 Å². The van der Waals surface area contributed by atoms with E-state index in [1.165, 1.54) is 18.3 Å². The van der Waals surface area contributed by atoms with E-state index < -0.39 is 6.03 Å². The number of benzene rings is 2. The molecule has 0 spiro atoms. The van der Waals surface area contributed by atoms with Gasteiger partial charge >= 0.3 is 6.03 Å². The maximum absolute atomic E-state index is 13.0. The third-order valence-corrected chi connectivity index (χ3v) is 3.18. The van der Waals surface area contributed by atoms with Gasteiger partial charge in [0.2, 0.25) is 0 Å². The molecule has 0 radical (unpaired) electrons. The first-order chi connectivity index (χ1) is 10.0. The molecule has 0 aliphatic heterocycles. The van der Waals surface area contributed by atoms with E-state index in [2.05, 4.69) is 10.6 Å². The summed E-state index contributed by atoms with van der Waals surface area (Å²) in [6.07, 6.45) is 3.05. The maximum atomic E-state index is 13.0. The molecule has 0 heterocycles. The summed E-state index contributed by atoms with van der Waals surface area (Å²) < 4.78 is 13.0. The van der Waals surface area contributed by atoms with Gasteiger partial charge in [0, 0.05) is 16.9 Å². The number of urea groups is 1. The van der Waals surface area contributed by atoms with Crippen LogP contribution in [-0.4, -0.2) is 6.03 Å². The van der Waals surface area contributed by atoms with Crippen LogP contribution in [0.4, 0.5) is 14.9 Å². The second-order valence-electron chi connectivity index (χ2n) is 4.45. The Morgan fingerprint density at radius 2 is 2.05 bits per heavy atom. The Morgan fingerprint density at radius 1 is 1.24 bits per heavy atom. The number of nitrogens with one attached hydrogen (secondary N) is 2. The van der Waals surface area contributed by atoms with Gasteiger partial charge in [-0.05, 0) is 48.4 Å². The lowest BCUT2D eigenvalue weighted by molar-refractivity contribution is 0.255. The van der Waals surface area contributed by atoms with E-state index in [1.807, 2.05) is 13.0 Å². The fraction of sp³-hybridized carbons (Fsp3) is 0.0625. The maximum Gasteiger partial charge on any atom is 0.323 e. The van der Waals surface area contributed by atoms with Gasteiger partial charge < -0.3 is 10.6 Å². The van der Waals surface area contributed by atoms with Crippen molar-refractivity contribution in [2.75, 3.05) is 5.32 Å². The van der Waals surface area contributed by atoms with E-state index in [0.29, 0.717) is 16.3 Å². The van der Waals surface area contributed by atoms with Gasteiger partial charge in [-0.1, -0.05) is 29.8 Å². The van der Waals surface area contributed by atoms with Crippen LogP contribution in [0.5, 0.6) is 0 Å². The molecule has 2 aromatic carbocycles. The van der Waals surface area contributed by atoms with Gasteiger partial charge in [-0.2, -0.15) is 0 Å². The molecule has 0 fully saturated rings. The van der Waals surface area contributed by atoms with Crippen molar-refractivity contribution in [2.24, 2.45) is 0 Å². The minimum absolute atomic E-state index is 0.323. The SMILES string of the molecule is Cc1ccc(NC(=O)N/C=C/c2cccc(F)c2)cc1Cl. The van der Waals surface area contributed by atoms with Gasteiger partial charge in [-0.25, -0.2) is 9.18 Å². The molecule has 0 bridgehead atoms. The zero-order valence-corrected chi connectivity index (χ0v) is 12.1. The highest BCUT2D eigenvalue weighted by molar-refractivity contribution is 6.31. The first-order valence-corrected chi connectivity index (χ1v) is 6.68. The second-order valence-corrected chi connectivity index (χ2v) is 4.86. The molecular weight excluding hydrogens is 291 g/mol. The smallest absolute Gasteiger partial charge is 0.314 e. The molecule has 21 heavy (non-hydrogen) atoms. The highest BCUT2D eigenvalue weighted by Gasteiger charge is 2.01. The fourth-order valence-electron chi connectivity index (χ4n) is 1.66. The molecule has 108 valence electrons. The predicted molar refractivity (Wildman–Crippen MR) is 83.8 cm³/mol. The van der Waals surface area contributed by atoms with Gasteiger partial charge in [-0.15, -0.1) is 0 Å². The van der Waals surface area contributed by atoms with Crippen molar-refractivity contribution in [1.82, 2.24) is 5.32 Å². The molecule has 0 aliphatic carbocycles. The lowest BCUT2D eigenvalue weighted by atomic mass is 10.2. The summed E-state index contributed by atoms with van der Waals surface area (Å²) >= 11 is 5.98. The molecule has 0 aromatic heterocycles. The molecule has 2 rings (SSSR count). The summed E-state index contributed by atoms with van der Waals surface area (Å²) in [6.45, 7) is 1.88. The molecule has 0 atom stereocenters. The summed E-state index contributed by atoms with van der Waals surface area (Å²) in [5.74, 6) is -0.323. The van der Waals surface area contributed by atoms with E-state index in [9.17, 15) is 9.18 Å². The van der Waals surface area contributed by atoms with Crippen LogP contribution >= 0.6 is 11.6 Å². The van der Waals surface area contributed by atoms with Crippen LogP contribution in [0, 0.1) is 12.7 Å². The van der Waals surface area contributed by atoms with Gasteiger partial charge in [0.05, 0.1) is 0 Å². The zero-order chi connectivity index (χ0) is 15.2. The number of amides is 2. The third-order valence-electron chi connectivity index (χ3n) is 2.77. The molecule has 0 unspecified atom stereocenters. The van der Waals surface area contributed by atoms with Crippen LogP contribution in [0.1, 0.15) is 11.1 Å². The highest BCUT2D eigenvalue weighted by atomic mass is 35.5. The van der Waals surface area contributed by atoms with Crippen molar-refractivity contribution in [3.8, 4) is 0 Å². The lowest BCUT2D eigenvalue weighted by Crippen LogP contribution is -2.23. The number of halogens is 2. The zero-order valence-electron chi connectivity index (χ0n) is 11.4. The Balaban J connectivity index is 1.91. The van der Waals surface area contributed by atoms with Gasteiger partial charge in [0.1, 0.15) is 5.82 Å². The van der Waals surface area contributed by atoms with Crippen LogP contribution < -0.4 is 10.6 Å². The number of aryl methyl sites for hydroxylation is 1. The minimum atomic E-state index is -0.400. The van der Waals surface area contributed by atoms with Crippen LogP contribution in [0.3, 0.4) is 0 Å². The second kappa shape index (κ2) is 6.90. The molecule has 3 nitrogen and oxygen atoms in total. The number of carbonyl (C=O) groups excluding carboxylic acids is 1.